The first-order valence-corrected chi connectivity index (χ1v) is 15.1. The fourth-order valence-corrected chi connectivity index (χ4v) is 4.65. The van der Waals surface area contributed by atoms with Crippen LogP contribution in [0.4, 0.5) is 5.69 Å². The zero-order chi connectivity index (χ0) is 31.6. The van der Waals surface area contributed by atoms with Gasteiger partial charge < -0.3 is 34.3 Å². The molecule has 2 aliphatic heterocycles. The SMILES string of the molecule is CNCCOCCOCCOCCOCCOCCCCCC(=O)Nc1cccc2c1C(=O)N(C1CCC(=O)NC1=O)C2=O. The molecule has 14 nitrogen and oxygen atoms in total. The van der Waals surface area contributed by atoms with Gasteiger partial charge in [0.1, 0.15) is 6.04 Å². The zero-order valence-electron chi connectivity index (χ0n) is 25.4. The number of nitrogens with one attached hydrogen (secondary N) is 3. The molecule has 1 unspecified atom stereocenters. The third-order valence-electron chi connectivity index (χ3n) is 6.92. The Balaban J connectivity index is 1.19. The highest BCUT2D eigenvalue weighted by Gasteiger charge is 2.45. The van der Waals surface area contributed by atoms with Crippen LogP contribution >= 0.6 is 0 Å². The molecule has 1 aromatic carbocycles. The van der Waals surface area contributed by atoms with Crippen molar-refractivity contribution < 1.29 is 47.7 Å². The average molecular weight is 621 g/mol. The van der Waals surface area contributed by atoms with Crippen molar-refractivity contribution in [3.63, 3.8) is 0 Å². The van der Waals surface area contributed by atoms with Gasteiger partial charge in [0.25, 0.3) is 11.8 Å². The maximum absolute atomic E-state index is 13.1. The molecule has 244 valence electrons. The molecule has 0 saturated carbocycles. The van der Waals surface area contributed by atoms with Crippen molar-refractivity contribution >= 4 is 35.2 Å². The number of rotatable bonds is 23. The molecule has 1 atom stereocenters. The summed E-state index contributed by atoms with van der Waals surface area (Å²) in [6, 6.07) is 3.55. The maximum Gasteiger partial charge on any atom is 0.264 e. The number of carbonyl (C=O) groups excluding carboxylic acids is 5. The minimum absolute atomic E-state index is 0.0355. The molecule has 0 radical (unpaired) electrons. The van der Waals surface area contributed by atoms with Gasteiger partial charge in [-0.2, -0.15) is 0 Å². The van der Waals surface area contributed by atoms with E-state index in [-0.39, 0.29) is 42.0 Å². The van der Waals surface area contributed by atoms with Gasteiger partial charge in [-0.05, 0) is 38.4 Å². The summed E-state index contributed by atoms with van der Waals surface area (Å²) in [5, 5.41) is 7.90. The van der Waals surface area contributed by atoms with Crippen molar-refractivity contribution in [2.75, 3.05) is 85.0 Å². The lowest BCUT2D eigenvalue weighted by molar-refractivity contribution is -0.136. The minimum atomic E-state index is -1.06. The summed E-state index contributed by atoms with van der Waals surface area (Å²) in [6.07, 6.45) is 2.52. The number of carbonyl (C=O) groups is 5. The minimum Gasteiger partial charge on any atom is -0.379 e. The van der Waals surface area contributed by atoms with Gasteiger partial charge in [0.15, 0.2) is 0 Å². The van der Waals surface area contributed by atoms with Gasteiger partial charge in [0.05, 0.1) is 76.3 Å². The van der Waals surface area contributed by atoms with E-state index in [1.807, 2.05) is 7.05 Å². The van der Waals surface area contributed by atoms with Crippen LogP contribution in [0.25, 0.3) is 0 Å². The largest absolute Gasteiger partial charge is 0.379 e. The second kappa shape index (κ2) is 19.9. The van der Waals surface area contributed by atoms with Crippen LogP contribution in [0.3, 0.4) is 0 Å². The predicted molar refractivity (Wildman–Crippen MR) is 158 cm³/mol. The topological polar surface area (TPSA) is 171 Å². The van der Waals surface area contributed by atoms with Crippen LogP contribution in [0.2, 0.25) is 0 Å². The Labute approximate surface area is 257 Å². The molecule has 0 aliphatic carbocycles. The number of imide groups is 2. The van der Waals surface area contributed by atoms with Crippen LogP contribution in [0.15, 0.2) is 18.2 Å². The van der Waals surface area contributed by atoms with Crippen molar-refractivity contribution in [1.82, 2.24) is 15.5 Å². The first-order chi connectivity index (χ1) is 21.4. The summed E-state index contributed by atoms with van der Waals surface area (Å²) in [6.45, 7) is 6.07. The van der Waals surface area contributed by atoms with Crippen molar-refractivity contribution in [2.24, 2.45) is 0 Å². The lowest BCUT2D eigenvalue weighted by Gasteiger charge is -2.27. The van der Waals surface area contributed by atoms with Gasteiger partial charge in [-0.25, -0.2) is 0 Å². The molecule has 0 bridgehead atoms. The number of unbranched alkanes of at least 4 members (excludes halogenated alkanes) is 2. The zero-order valence-corrected chi connectivity index (χ0v) is 25.4. The number of benzene rings is 1. The summed E-state index contributed by atoms with van der Waals surface area (Å²) in [4.78, 5) is 63.3. The summed E-state index contributed by atoms with van der Waals surface area (Å²) < 4.78 is 27.2. The first-order valence-electron chi connectivity index (χ1n) is 15.1. The van der Waals surface area contributed by atoms with Crippen molar-refractivity contribution in [2.45, 2.75) is 44.6 Å². The number of nitrogens with zero attached hydrogens (tertiary/aromatic N) is 1. The van der Waals surface area contributed by atoms with Crippen LogP contribution in [0.1, 0.15) is 59.2 Å². The van der Waals surface area contributed by atoms with E-state index in [9.17, 15) is 24.0 Å². The molecule has 1 aromatic rings. The van der Waals surface area contributed by atoms with Crippen molar-refractivity contribution in [3.05, 3.63) is 29.3 Å². The Morgan fingerprint density at radius 3 is 2.05 bits per heavy atom. The molecule has 0 spiro atoms. The number of anilines is 1. The van der Waals surface area contributed by atoms with Gasteiger partial charge in [-0.1, -0.05) is 12.5 Å². The van der Waals surface area contributed by atoms with Crippen molar-refractivity contribution in [3.8, 4) is 0 Å². The number of hydrogen-bond acceptors (Lipinski definition) is 11. The standard InChI is InChI=1S/C30H44N4O10/c1-31-11-13-41-15-17-43-19-21-44-20-18-42-16-14-40-12-4-2-3-8-25(35)32-23-7-5-6-22-27(23)30(39)34(29(22)38)24-9-10-26(36)33-28(24)37/h5-7,24,31H,2-4,8-21H2,1H3,(H,32,35)(H,33,36,37). The number of amides is 5. The van der Waals surface area contributed by atoms with Gasteiger partial charge in [0, 0.05) is 26.0 Å². The number of ether oxygens (including phenoxy) is 5. The summed E-state index contributed by atoms with van der Waals surface area (Å²) >= 11 is 0. The van der Waals surface area contributed by atoms with Gasteiger partial charge in [-0.3, -0.25) is 34.2 Å². The van der Waals surface area contributed by atoms with Crippen LogP contribution in [0, 0.1) is 0 Å². The van der Waals surface area contributed by atoms with Gasteiger partial charge >= 0.3 is 0 Å². The number of likely N-dealkylation sites (N-methyl/N-ethyl adjacent to an activating group) is 1. The number of piperidine rings is 1. The van der Waals surface area contributed by atoms with E-state index in [1.54, 1.807) is 12.1 Å². The van der Waals surface area contributed by atoms with Crippen LogP contribution in [-0.4, -0.2) is 120 Å². The Morgan fingerprint density at radius 1 is 0.818 bits per heavy atom. The normalized spacial score (nSPS) is 16.4. The van der Waals surface area contributed by atoms with Crippen molar-refractivity contribution in [1.29, 1.82) is 0 Å². The van der Waals surface area contributed by atoms with Gasteiger partial charge in [0.2, 0.25) is 17.7 Å². The monoisotopic (exact) mass is 620 g/mol. The number of hydrogen-bond donors (Lipinski definition) is 3. The third kappa shape index (κ3) is 11.3. The molecular formula is C30H44N4O10. The van der Waals surface area contributed by atoms with Crippen LogP contribution < -0.4 is 16.0 Å². The Bertz CT molecular complexity index is 1120. The lowest BCUT2D eigenvalue weighted by Crippen LogP contribution is -2.54. The Morgan fingerprint density at radius 2 is 1.43 bits per heavy atom. The Hall–Kier alpha value is -3.27. The highest BCUT2D eigenvalue weighted by molar-refractivity contribution is 6.26. The maximum atomic E-state index is 13.1. The predicted octanol–water partition coefficient (Wildman–Crippen LogP) is 0.889. The van der Waals surface area contributed by atoms with E-state index in [0.717, 1.165) is 24.3 Å². The fraction of sp³-hybridized carbons (Fsp3) is 0.633. The van der Waals surface area contributed by atoms with E-state index in [2.05, 4.69) is 16.0 Å². The van der Waals surface area contributed by atoms with E-state index in [1.165, 1.54) is 6.07 Å². The van der Waals surface area contributed by atoms with E-state index < -0.39 is 29.7 Å². The average Bonchev–Trinajstić information content (AvgIpc) is 3.26. The quantitative estimate of drug-likeness (QED) is 0.117. The second-order valence-electron chi connectivity index (χ2n) is 10.2. The second-order valence-corrected chi connectivity index (χ2v) is 10.2. The molecule has 5 amide bonds. The fourth-order valence-electron chi connectivity index (χ4n) is 4.65. The third-order valence-corrected chi connectivity index (χ3v) is 6.92. The molecule has 2 heterocycles. The first kappa shape index (κ1) is 35.2. The van der Waals surface area contributed by atoms with Crippen LogP contribution in [0.5, 0.6) is 0 Å². The van der Waals surface area contributed by atoms with Gasteiger partial charge in [-0.15, -0.1) is 0 Å². The van der Waals surface area contributed by atoms with Crippen LogP contribution in [-0.2, 0) is 38.1 Å². The molecule has 0 aromatic heterocycles. The lowest BCUT2D eigenvalue weighted by atomic mass is 10.0. The highest BCUT2D eigenvalue weighted by atomic mass is 16.6. The molecule has 2 aliphatic rings. The summed E-state index contributed by atoms with van der Waals surface area (Å²) in [5.41, 5.74) is 0.405. The molecule has 3 N–H and O–H groups in total. The molecule has 1 fully saturated rings. The summed E-state index contributed by atoms with van der Waals surface area (Å²) in [7, 11) is 1.88. The molecule has 1 saturated heterocycles. The smallest absolute Gasteiger partial charge is 0.264 e. The van der Waals surface area contributed by atoms with E-state index in [4.69, 9.17) is 23.7 Å². The summed E-state index contributed by atoms with van der Waals surface area (Å²) in [5.74, 6) is -2.68. The highest BCUT2D eigenvalue weighted by Crippen LogP contribution is 2.32. The molecule has 3 rings (SSSR count). The molecule has 14 heteroatoms. The Kier molecular flexibility index (Phi) is 15.9. The van der Waals surface area contributed by atoms with E-state index >= 15 is 0 Å². The molecule has 44 heavy (non-hydrogen) atoms. The number of fused-ring (bicyclic) bond motifs is 1. The molecular weight excluding hydrogens is 576 g/mol. The van der Waals surface area contributed by atoms with E-state index in [0.29, 0.717) is 72.5 Å².